The van der Waals surface area contributed by atoms with Gasteiger partial charge in [0, 0.05) is 92.3 Å². The molecule has 2 fully saturated rings. The summed E-state index contributed by atoms with van der Waals surface area (Å²) in [6, 6.07) is 13.4. The summed E-state index contributed by atoms with van der Waals surface area (Å²) in [5.41, 5.74) is 5.94. The summed E-state index contributed by atoms with van der Waals surface area (Å²) in [6.07, 6.45) is 6.34. The zero-order chi connectivity index (χ0) is 37.5. The smallest absolute Gasteiger partial charge is 0.274 e. The van der Waals surface area contributed by atoms with Gasteiger partial charge in [-0.15, -0.1) is 0 Å². The van der Waals surface area contributed by atoms with Crippen LogP contribution in [0.4, 0.5) is 5.69 Å². The topological polar surface area (TPSA) is 160 Å². The van der Waals surface area contributed by atoms with Crippen molar-refractivity contribution in [1.82, 2.24) is 35.8 Å². The number of carbonyl (C=O) groups is 3. The van der Waals surface area contributed by atoms with Gasteiger partial charge in [0.05, 0.1) is 36.8 Å². The fourth-order valence-electron chi connectivity index (χ4n) is 6.77. The predicted molar refractivity (Wildman–Crippen MR) is 203 cm³/mol. The second-order valence-electron chi connectivity index (χ2n) is 13.3. The fraction of sp³-hybridized carbons (Fsp3) is 0.385. The van der Waals surface area contributed by atoms with Gasteiger partial charge in [0.15, 0.2) is 0 Å². The summed E-state index contributed by atoms with van der Waals surface area (Å²) in [5.74, 6) is 0.882. The van der Waals surface area contributed by atoms with Gasteiger partial charge in [-0.3, -0.25) is 19.4 Å². The van der Waals surface area contributed by atoms with Gasteiger partial charge in [-0.2, -0.15) is 0 Å². The number of benzene rings is 1. The molecule has 14 heteroatoms. The highest BCUT2D eigenvalue weighted by Gasteiger charge is 2.23. The lowest BCUT2D eigenvalue weighted by Gasteiger charge is -2.32. The molecule has 13 nitrogen and oxygen atoms in total. The Labute approximate surface area is 314 Å². The molecule has 0 saturated carbocycles. The van der Waals surface area contributed by atoms with E-state index in [0.29, 0.717) is 65.3 Å². The SMILES string of the molecule is COc1cnc(C(=O)Nc2cccc(-c3nccc(-c4ccc(CNC[C@@H]5CCC(=O)N5)c(OC)n4)c3Cl)c2C)cc1CNC1CCN(C(C)=O)CC1. The molecule has 3 aromatic heterocycles. The minimum atomic E-state index is -0.365. The van der Waals surface area contributed by atoms with Gasteiger partial charge < -0.3 is 35.6 Å². The molecule has 2 saturated heterocycles. The predicted octanol–water partition coefficient (Wildman–Crippen LogP) is 4.91. The Hall–Kier alpha value is -5.11. The van der Waals surface area contributed by atoms with E-state index < -0.39 is 0 Å². The number of carbonyl (C=O) groups excluding carboxylic acids is 3. The maximum atomic E-state index is 13.6. The van der Waals surface area contributed by atoms with Crippen LogP contribution in [0.5, 0.6) is 11.6 Å². The Balaban J connectivity index is 1.15. The summed E-state index contributed by atoms with van der Waals surface area (Å²) in [4.78, 5) is 52.4. The number of hydrogen-bond acceptors (Lipinski definition) is 10. The maximum absolute atomic E-state index is 13.6. The van der Waals surface area contributed by atoms with E-state index in [1.54, 1.807) is 39.6 Å². The molecule has 6 rings (SSSR count). The van der Waals surface area contributed by atoms with Gasteiger partial charge in [0.25, 0.3) is 5.91 Å². The minimum Gasteiger partial charge on any atom is -0.495 e. The average molecular weight is 741 g/mol. The molecule has 0 radical (unpaired) electrons. The number of methoxy groups -OCH3 is 2. The van der Waals surface area contributed by atoms with E-state index in [1.807, 2.05) is 48.2 Å². The second kappa shape index (κ2) is 17.1. The summed E-state index contributed by atoms with van der Waals surface area (Å²) < 4.78 is 11.2. The molecule has 0 bridgehead atoms. The molecule has 4 N–H and O–H groups in total. The Morgan fingerprint density at radius 3 is 2.53 bits per heavy atom. The molecule has 1 atom stereocenters. The molecule has 5 heterocycles. The van der Waals surface area contributed by atoms with Crippen molar-refractivity contribution >= 4 is 35.0 Å². The van der Waals surface area contributed by atoms with E-state index in [2.05, 4.69) is 31.2 Å². The third-order valence-corrected chi connectivity index (χ3v) is 10.2. The van der Waals surface area contributed by atoms with E-state index in [9.17, 15) is 14.4 Å². The van der Waals surface area contributed by atoms with Crippen LogP contribution in [0.3, 0.4) is 0 Å². The van der Waals surface area contributed by atoms with Crippen LogP contribution in [-0.2, 0) is 22.7 Å². The Bertz CT molecular complexity index is 1980. The zero-order valence-corrected chi connectivity index (χ0v) is 31.2. The van der Waals surface area contributed by atoms with Gasteiger partial charge in [-0.05, 0) is 56.0 Å². The third-order valence-electron chi connectivity index (χ3n) is 9.85. The minimum absolute atomic E-state index is 0.0879. The molecule has 1 aromatic carbocycles. The van der Waals surface area contributed by atoms with Gasteiger partial charge in [-0.1, -0.05) is 29.8 Å². The Morgan fingerprint density at radius 2 is 1.81 bits per heavy atom. The molecule has 2 aliphatic heterocycles. The largest absolute Gasteiger partial charge is 0.495 e. The first kappa shape index (κ1) is 37.6. The van der Waals surface area contributed by atoms with E-state index in [-0.39, 0.29) is 35.5 Å². The quantitative estimate of drug-likeness (QED) is 0.148. The van der Waals surface area contributed by atoms with Crippen LogP contribution >= 0.6 is 11.6 Å². The van der Waals surface area contributed by atoms with Crippen LogP contribution < -0.4 is 30.7 Å². The van der Waals surface area contributed by atoms with Gasteiger partial charge in [0.1, 0.15) is 11.4 Å². The highest BCUT2D eigenvalue weighted by Crippen LogP contribution is 2.38. The number of nitrogens with one attached hydrogen (secondary N) is 4. The number of pyridine rings is 3. The van der Waals surface area contributed by atoms with Gasteiger partial charge >= 0.3 is 0 Å². The maximum Gasteiger partial charge on any atom is 0.274 e. The van der Waals surface area contributed by atoms with Crippen LogP contribution in [0.1, 0.15) is 59.8 Å². The lowest BCUT2D eigenvalue weighted by atomic mass is 10.0. The number of likely N-dealkylation sites (tertiary alicyclic amines) is 1. The van der Waals surface area contributed by atoms with Crippen molar-refractivity contribution in [3.63, 3.8) is 0 Å². The number of aromatic nitrogens is 3. The molecular weight excluding hydrogens is 696 g/mol. The first-order chi connectivity index (χ1) is 25.6. The summed E-state index contributed by atoms with van der Waals surface area (Å²) >= 11 is 7.04. The van der Waals surface area contributed by atoms with Gasteiger partial charge in [0.2, 0.25) is 17.7 Å². The standard InChI is InChI=1S/C39H45ClN8O5/c1-23-29(37-36(40)30(12-15-42-37)32-10-8-25(39(47-32)53-4)19-41-21-28-9-11-35(50)45-28)6-5-7-31(23)46-38(51)33-18-26(34(52-3)22-44-33)20-43-27-13-16-48(17-14-27)24(2)49/h5-8,10,12,15,18,22,27-28,41,43H,9,11,13-14,16-17,19-21H2,1-4H3,(H,45,50)(H,46,51)/t28-/m0/s1. The number of nitrogens with zero attached hydrogens (tertiary/aromatic N) is 4. The first-order valence-corrected chi connectivity index (χ1v) is 18.1. The van der Waals surface area contributed by atoms with E-state index in [4.69, 9.17) is 26.1 Å². The monoisotopic (exact) mass is 740 g/mol. The lowest BCUT2D eigenvalue weighted by molar-refractivity contribution is -0.130. The van der Waals surface area contributed by atoms with Gasteiger partial charge in [-0.25, -0.2) is 9.97 Å². The number of amides is 3. The van der Waals surface area contributed by atoms with Crippen molar-refractivity contribution in [2.24, 2.45) is 0 Å². The van der Waals surface area contributed by atoms with E-state index >= 15 is 0 Å². The van der Waals surface area contributed by atoms with Crippen LogP contribution in [-0.4, -0.2) is 83.5 Å². The van der Waals surface area contributed by atoms with Crippen LogP contribution in [0, 0.1) is 6.92 Å². The molecule has 278 valence electrons. The number of piperidine rings is 1. The van der Waals surface area contributed by atoms with Crippen molar-refractivity contribution in [3.8, 4) is 34.1 Å². The number of halogens is 1. The molecule has 4 aromatic rings. The number of ether oxygens (including phenoxy) is 2. The summed E-state index contributed by atoms with van der Waals surface area (Å²) in [5, 5.41) is 13.3. The van der Waals surface area contributed by atoms with Crippen LogP contribution in [0.2, 0.25) is 5.02 Å². The number of anilines is 1. The second-order valence-corrected chi connectivity index (χ2v) is 13.7. The Morgan fingerprint density at radius 1 is 1.00 bits per heavy atom. The normalized spacial score (nSPS) is 16.0. The molecule has 0 aliphatic carbocycles. The first-order valence-electron chi connectivity index (χ1n) is 17.8. The van der Waals surface area contributed by atoms with E-state index in [0.717, 1.165) is 54.6 Å². The number of hydrogen-bond donors (Lipinski definition) is 4. The summed E-state index contributed by atoms with van der Waals surface area (Å²) in [6.45, 7) is 6.63. The zero-order valence-electron chi connectivity index (χ0n) is 30.4. The molecule has 2 aliphatic rings. The highest BCUT2D eigenvalue weighted by atomic mass is 35.5. The highest BCUT2D eigenvalue weighted by molar-refractivity contribution is 6.35. The molecular formula is C39H45ClN8O5. The Kier molecular flexibility index (Phi) is 12.2. The van der Waals surface area contributed by atoms with Crippen molar-refractivity contribution in [1.29, 1.82) is 0 Å². The van der Waals surface area contributed by atoms with Crippen molar-refractivity contribution in [3.05, 3.63) is 82.3 Å². The molecule has 53 heavy (non-hydrogen) atoms. The van der Waals surface area contributed by atoms with Crippen LogP contribution in [0.25, 0.3) is 22.5 Å². The van der Waals surface area contributed by atoms with Crippen molar-refractivity contribution < 1.29 is 23.9 Å². The molecule has 0 unspecified atom stereocenters. The van der Waals surface area contributed by atoms with Crippen molar-refractivity contribution in [2.45, 2.75) is 64.7 Å². The average Bonchev–Trinajstić information content (AvgIpc) is 3.59. The fourth-order valence-corrected chi connectivity index (χ4v) is 7.08. The summed E-state index contributed by atoms with van der Waals surface area (Å²) in [7, 11) is 3.16. The molecule has 0 spiro atoms. The third kappa shape index (κ3) is 8.93. The molecule has 3 amide bonds. The lowest BCUT2D eigenvalue weighted by Crippen LogP contribution is -2.44. The van der Waals surface area contributed by atoms with Crippen LogP contribution in [0.15, 0.2) is 54.9 Å². The number of rotatable bonds is 13. The van der Waals surface area contributed by atoms with E-state index in [1.165, 1.54) is 0 Å². The van der Waals surface area contributed by atoms with Crippen molar-refractivity contribution in [2.75, 3.05) is 39.2 Å².